The van der Waals surface area contributed by atoms with Crippen molar-refractivity contribution < 1.29 is 26.3 Å². The summed E-state index contributed by atoms with van der Waals surface area (Å²) in [5, 5.41) is 0.602. The van der Waals surface area contributed by atoms with E-state index in [0.29, 0.717) is 17.5 Å². The van der Waals surface area contributed by atoms with E-state index in [1.165, 1.54) is 6.07 Å². The Balaban J connectivity index is 1.85. The molecule has 2 aromatic rings. The van der Waals surface area contributed by atoms with Gasteiger partial charge in [-0.05, 0) is 62.1 Å². The van der Waals surface area contributed by atoms with E-state index < -0.39 is 26.3 Å². The summed E-state index contributed by atoms with van der Waals surface area (Å²) < 4.78 is 69.9. The van der Waals surface area contributed by atoms with Crippen LogP contribution in [0.5, 0.6) is 0 Å². The van der Waals surface area contributed by atoms with Crippen LogP contribution in [0.25, 0.3) is 0 Å². The lowest BCUT2D eigenvalue weighted by Crippen LogP contribution is -2.45. The molecule has 0 aliphatic carbocycles. The van der Waals surface area contributed by atoms with Crippen LogP contribution in [0, 0.1) is 0 Å². The molecule has 152 valence electrons. The normalized spacial score (nSPS) is 23.5. The molecule has 0 radical (unpaired) electrons. The fourth-order valence-corrected chi connectivity index (χ4v) is 5.46. The van der Waals surface area contributed by atoms with E-state index in [2.05, 4.69) is 0 Å². The standard InChI is InChI=1S/C20H20ClF3O3S/c1-19(28(25,26)18-4-2-3-15(12-18)20(22,23)24)9-10-27-17(13-19)11-14-5-7-16(21)8-6-14/h2-8,12,17H,9-11,13H2,1H3. The maximum Gasteiger partial charge on any atom is 0.416 e. The lowest BCUT2D eigenvalue weighted by atomic mass is 9.93. The summed E-state index contributed by atoms with van der Waals surface area (Å²) in [6, 6.07) is 11.1. The first kappa shape index (κ1) is 21.1. The molecular weight excluding hydrogens is 413 g/mol. The zero-order chi connectivity index (χ0) is 20.6. The highest BCUT2D eigenvalue weighted by Gasteiger charge is 2.45. The van der Waals surface area contributed by atoms with Crippen LogP contribution in [-0.2, 0) is 27.2 Å². The first-order chi connectivity index (χ1) is 13.0. The van der Waals surface area contributed by atoms with E-state index in [1.54, 1.807) is 19.1 Å². The summed E-state index contributed by atoms with van der Waals surface area (Å²) in [6.07, 6.45) is -4.01. The molecule has 28 heavy (non-hydrogen) atoms. The van der Waals surface area contributed by atoms with Crippen LogP contribution < -0.4 is 0 Å². The number of halogens is 4. The number of sulfone groups is 1. The number of benzene rings is 2. The van der Waals surface area contributed by atoms with Crippen LogP contribution in [0.1, 0.15) is 30.9 Å². The molecule has 0 saturated carbocycles. The summed E-state index contributed by atoms with van der Waals surface area (Å²) in [5.41, 5.74) is -0.0166. The quantitative estimate of drug-likeness (QED) is 0.657. The first-order valence-electron chi connectivity index (χ1n) is 8.79. The number of rotatable bonds is 4. The minimum Gasteiger partial charge on any atom is -0.378 e. The molecular formula is C20H20ClF3O3S. The van der Waals surface area contributed by atoms with E-state index in [0.717, 1.165) is 17.7 Å². The molecule has 0 bridgehead atoms. The number of alkyl halides is 3. The zero-order valence-corrected chi connectivity index (χ0v) is 16.7. The second-order valence-corrected chi connectivity index (χ2v) is 10.2. The van der Waals surface area contributed by atoms with Crippen molar-refractivity contribution in [2.24, 2.45) is 0 Å². The largest absolute Gasteiger partial charge is 0.416 e. The Morgan fingerprint density at radius 2 is 1.86 bits per heavy atom. The van der Waals surface area contributed by atoms with Crippen LogP contribution in [0.2, 0.25) is 5.02 Å². The first-order valence-corrected chi connectivity index (χ1v) is 10.7. The van der Waals surface area contributed by atoms with Crippen molar-refractivity contribution in [3.05, 3.63) is 64.7 Å². The SMILES string of the molecule is CC1(S(=O)(=O)c2cccc(C(F)(F)F)c2)CCOC(Cc2ccc(Cl)cc2)C1. The predicted molar refractivity (Wildman–Crippen MR) is 101 cm³/mol. The minimum absolute atomic E-state index is 0.203. The van der Waals surface area contributed by atoms with E-state index in [-0.39, 0.29) is 30.4 Å². The summed E-state index contributed by atoms with van der Waals surface area (Å²) in [4.78, 5) is -0.308. The van der Waals surface area contributed by atoms with Gasteiger partial charge in [0.1, 0.15) is 0 Å². The molecule has 1 heterocycles. The molecule has 2 aromatic carbocycles. The van der Waals surface area contributed by atoms with Gasteiger partial charge < -0.3 is 4.74 Å². The van der Waals surface area contributed by atoms with Gasteiger partial charge in [0.15, 0.2) is 9.84 Å². The molecule has 1 fully saturated rings. The van der Waals surface area contributed by atoms with Gasteiger partial charge in [-0.3, -0.25) is 0 Å². The molecule has 0 amide bonds. The average molecular weight is 433 g/mol. The fourth-order valence-electron chi connectivity index (χ4n) is 3.47. The lowest BCUT2D eigenvalue weighted by molar-refractivity contribution is -0.137. The van der Waals surface area contributed by atoms with Crippen molar-refractivity contribution in [3.63, 3.8) is 0 Å². The van der Waals surface area contributed by atoms with E-state index in [4.69, 9.17) is 16.3 Å². The summed E-state index contributed by atoms with van der Waals surface area (Å²) >= 11 is 5.88. The molecule has 2 atom stereocenters. The van der Waals surface area contributed by atoms with Gasteiger partial charge in [-0.2, -0.15) is 13.2 Å². The fraction of sp³-hybridized carbons (Fsp3) is 0.400. The van der Waals surface area contributed by atoms with Gasteiger partial charge in [0.25, 0.3) is 0 Å². The van der Waals surface area contributed by atoms with Crippen molar-refractivity contribution in [1.29, 1.82) is 0 Å². The van der Waals surface area contributed by atoms with Crippen molar-refractivity contribution in [2.75, 3.05) is 6.61 Å². The highest BCUT2D eigenvalue weighted by molar-refractivity contribution is 7.92. The van der Waals surface area contributed by atoms with Crippen molar-refractivity contribution >= 4 is 21.4 Å². The number of hydrogen-bond acceptors (Lipinski definition) is 3. The van der Waals surface area contributed by atoms with Gasteiger partial charge in [-0.1, -0.05) is 29.8 Å². The smallest absolute Gasteiger partial charge is 0.378 e. The van der Waals surface area contributed by atoms with Crippen LogP contribution in [-0.4, -0.2) is 25.9 Å². The van der Waals surface area contributed by atoms with E-state index in [1.807, 2.05) is 12.1 Å². The predicted octanol–water partition coefficient (Wildman–Crippen LogP) is 5.31. The molecule has 3 rings (SSSR count). The lowest BCUT2D eigenvalue weighted by Gasteiger charge is -2.37. The van der Waals surface area contributed by atoms with Gasteiger partial charge in [0, 0.05) is 11.6 Å². The third kappa shape index (κ3) is 4.36. The minimum atomic E-state index is -4.60. The summed E-state index contributed by atoms with van der Waals surface area (Å²) in [5.74, 6) is 0. The third-order valence-electron chi connectivity index (χ3n) is 5.14. The van der Waals surface area contributed by atoms with E-state index in [9.17, 15) is 21.6 Å². The maximum absolute atomic E-state index is 13.2. The Labute approximate surface area is 167 Å². The molecule has 0 spiro atoms. The molecule has 3 nitrogen and oxygen atoms in total. The van der Waals surface area contributed by atoms with Crippen LogP contribution in [0.4, 0.5) is 13.2 Å². The van der Waals surface area contributed by atoms with Crippen molar-refractivity contribution in [3.8, 4) is 0 Å². The Morgan fingerprint density at radius 1 is 1.18 bits per heavy atom. The summed E-state index contributed by atoms with van der Waals surface area (Å²) in [7, 11) is -3.98. The van der Waals surface area contributed by atoms with Crippen LogP contribution >= 0.6 is 11.6 Å². The van der Waals surface area contributed by atoms with Gasteiger partial charge in [0.2, 0.25) is 0 Å². The molecule has 1 saturated heterocycles. The Morgan fingerprint density at radius 3 is 2.50 bits per heavy atom. The number of hydrogen-bond donors (Lipinski definition) is 0. The second-order valence-electron chi connectivity index (χ2n) is 7.26. The topological polar surface area (TPSA) is 43.4 Å². The monoisotopic (exact) mass is 432 g/mol. The van der Waals surface area contributed by atoms with Crippen molar-refractivity contribution in [1.82, 2.24) is 0 Å². The summed E-state index contributed by atoms with van der Waals surface area (Å²) in [6.45, 7) is 1.81. The van der Waals surface area contributed by atoms with Gasteiger partial charge in [-0.15, -0.1) is 0 Å². The molecule has 8 heteroatoms. The Bertz CT molecular complexity index is 942. The van der Waals surface area contributed by atoms with Crippen LogP contribution in [0.15, 0.2) is 53.4 Å². The van der Waals surface area contributed by atoms with Gasteiger partial charge >= 0.3 is 6.18 Å². The van der Waals surface area contributed by atoms with Gasteiger partial charge in [0.05, 0.1) is 21.3 Å². The van der Waals surface area contributed by atoms with Crippen molar-refractivity contribution in [2.45, 2.75) is 48.1 Å². The second kappa shape index (κ2) is 7.69. The molecule has 2 unspecified atom stereocenters. The Kier molecular flexibility index (Phi) is 5.81. The average Bonchev–Trinajstić information content (AvgIpc) is 2.63. The van der Waals surface area contributed by atoms with E-state index >= 15 is 0 Å². The molecule has 0 N–H and O–H groups in total. The maximum atomic E-state index is 13.2. The van der Waals surface area contributed by atoms with Crippen LogP contribution in [0.3, 0.4) is 0 Å². The Hall–Kier alpha value is -1.57. The molecule has 1 aliphatic heterocycles. The molecule has 1 aliphatic rings. The van der Waals surface area contributed by atoms with Gasteiger partial charge in [-0.25, -0.2) is 8.42 Å². The highest BCUT2D eigenvalue weighted by atomic mass is 35.5. The number of ether oxygens (including phenoxy) is 1. The molecule has 0 aromatic heterocycles. The third-order valence-corrected chi connectivity index (χ3v) is 7.94. The zero-order valence-electron chi connectivity index (χ0n) is 15.2. The highest BCUT2D eigenvalue weighted by Crippen LogP contribution is 2.39.